The van der Waals surface area contributed by atoms with Gasteiger partial charge in [-0.25, -0.2) is 8.42 Å². The van der Waals surface area contributed by atoms with Crippen molar-refractivity contribution in [1.29, 1.82) is 0 Å². The molecule has 0 spiro atoms. The summed E-state index contributed by atoms with van der Waals surface area (Å²) in [6.07, 6.45) is 2.21. The largest absolute Gasteiger partial charge is 0.312 e. The Morgan fingerprint density at radius 2 is 1.55 bits per heavy atom. The Hall–Kier alpha value is -1.65. The van der Waals surface area contributed by atoms with E-state index in [-0.39, 0.29) is 0 Å². The maximum Gasteiger partial charge on any atom is 0.175 e. The molecule has 2 aromatic rings. The van der Waals surface area contributed by atoms with Crippen molar-refractivity contribution in [3.63, 3.8) is 0 Å². The predicted molar refractivity (Wildman–Crippen MR) is 81.4 cm³/mol. The van der Waals surface area contributed by atoms with Crippen LogP contribution >= 0.6 is 0 Å². The monoisotopic (exact) mass is 289 g/mol. The lowest BCUT2D eigenvalue weighted by atomic mass is 10.1. The van der Waals surface area contributed by atoms with Crippen LogP contribution < -0.4 is 5.32 Å². The molecule has 0 aliphatic rings. The minimum atomic E-state index is -3.10. The average molecular weight is 289 g/mol. The zero-order valence-electron chi connectivity index (χ0n) is 11.5. The lowest BCUT2D eigenvalue weighted by molar-refractivity contribution is 0.601. The van der Waals surface area contributed by atoms with Gasteiger partial charge in [0.2, 0.25) is 0 Å². The molecule has 0 saturated heterocycles. The Labute approximate surface area is 120 Å². The lowest BCUT2D eigenvalue weighted by Gasteiger charge is -2.06. The fourth-order valence-corrected chi connectivity index (χ4v) is 2.60. The van der Waals surface area contributed by atoms with Crippen molar-refractivity contribution < 1.29 is 8.42 Å². The van der Waals surface area contributed by atoms with E-state index in [2.05, 4.69) is 17.4 Å². The molecule has 1 N–H and O–H groups in total. The van der Waals surface area contributed by atoms with Crippen LogP contribution in [-0.4, -0.2) is 21.2 Å². The molecule has 0 bridgehead atoms. The minimum absolute atomic E-state index is 0.366. The van der Waals surface area contributed by atoms with E-state index in [1.165, 1.54) is 11.8 Å². The van der Waals surface area contributed by atoms with Gasteiger partial charge in [0, 0.05) is 12.8 Å². The maximum atomic E-state index is 11.3. The predicted octanol–water partition coefficient (Wildman–Crippen LogP) is 2.42. The smallest absolute Gasteiger partial charge is 0.175 e. The van der Waals surface area contributed by atoms with Crippen molar-refractivity contribution in [2.75, 3.05) is 12.8 Å². The van der Waals surface area contributed by atoms with Gasteiger partial charge in [-0.3, -0.25) is 0 Å². The number of hydrogen-bond donors (Lipinski definition) is 1. The van der Waals surface area contributed by atoms with Gasteiger partial charge in [-0.15, -0.1) is 0 Å². The summed E-state index contributed by atoms with van der Waals surface area (Å²) < 4.78 is 22.7. The molecule has 0 radical (unpaired) electrons. The minimum Gasteiger partial charge on any atom is -0.312 e. The van der Waals surface area contributed by atoms with Gasteiger partial charge < -0.3 is 5.32 Å². The molecule has 20 heavy (non-hydrogen) atoms. The Morgan fingerprint density at radius 3 is 2.15 bits per heavy atom. The molecule has 0 aliphatic carbocycles. The van der Waals surface area contributed by atoms with E-state index in [0.717, 1.165) is 25.1 Å². The molecule has 2 rings (SSSR count). The Kier molecular flexibility index (Phi) is 4.93. The number of hydrogen-bond acceptors (Lipinski definition) is 3. The van der Waals surface area contributed by atoms with Gasteiger partial charge >= 0.3 is 0 Å². The molecule has 0 amide bonds. The standard InChI is InChI=1S/C16H19NO2S/c1-20(18,19)16-9-7-15(8-10-16)13-17-12-11-14-5-3-2-4-6-14/h2-10,17H,11-13H2,1H3. The third kappa shape index (κ3) is 4.47. The molecule has 3 nitrogen and oxygen atoms in total. The molecule has 0 fully saturated rings. The van der Waals surface area contributed by atoms with Crippen LogP contribution in [0.15, 0.2) is 59.5 Å². The van der Waals surface area contributed by atoms with Crippen LogP contribution in [0.4, 0.5) is 0 Å². The van der Waals surface area contributed by atoms with Crippen LogP contribution in [0.5, 0.6) is 0 Å². The van der Waals surface area contributed by atoms with Crippen molar-refractivity contribution in [2.45, 2.75) is 17.9 Å². The lowest BCUT2D eigenvalue weighted by Crippen LogP contribution is -2.16. The highest BCUT2D eigenvalue weighted by Crippen LogP contribution is 2.10. The first-order valence-corrected chi connectivity index (χ1v) is 8.48. The first-order chi connectivity index (χ1) is 9.55. The summed E-state index contributed by atoms with van der Waals surface area (Å²) in [5, 5.41) is 3.36. The quantitative estimate of drug-likeness (QED) is 0.831. The highest BCUT2D eigenvalue weighted by atomic mass is 32.2. The molecular formula is C16H19NO2S. The molecule has 0 heterocycles. The molecule has 106 valence electrons. The number of sulfone groups is 1. The second-order valence-electron chi connectivity index (χ2n) is 4.83. The van der Waals surface area contributed by atoms with Gasteiger partial charge in [-0.05, 0) is 36.2 Å². The van der Waals surface area contributed by atoms with Crippen LogP contribution in [0.1, 0.15) is 11.1 Å². The zero-order chi connectivity index (χ0) is 14.4. The highest BCUT2D eigenvalue weighted by Gasteiger charge is 2.05. The Bertz CT molecular complexity index is 634. The second kappa shape index (κ2) is 6.68. The fraction of sp³-hybridized carbons (Fsp3) is 0.250. The van der Waals surface area contributed by atoms with Gasteiger partial charge in [-0.1, -0.05) is 42.5 Å². The Morgan fingerprint density at radius 1 is 0.900 bits per heavy atom. The molecular weight excluding hydrogens is 270 g/mol. The van der Waals surface area contributed by atoms with Crippen molar-refractivity contribution in [3.05, 3.63) is 65.7 Å². The number of benzene rings is 2. The molecule has 0 atom stereocenters. The van der Waals surface area contributed by atoms with Gasteiger partial charge in [-0.2, -0.15) is 0 Å². The van der Waals surface area contributed by atoms with Gasteiger partial charge in [0.15, 0.2) is 9.84 Å². The van der Waals surface area contributed by atoms with Crippen LogP contribution in [0, 0.1) is 0 Å². The summed E-state index contributed by atoms with van der Waals surface area (Å²) in [5.41, 5.74) is 2.40. The van der Waals surface area contributed by atoms with E-state index in [1.807, 2.05) is 30.3 Å². The third-order valence-electron chi connectivity index (χ3n) is 3.11. The normalized spacial score (nSPS) is 11.4. The van der Waals surface area contributed by atoms with Gasteiger partial charge in [0.25, 0.3) is 0 Å². The van der Waals surface area contributed by atoms with E-state index >= 15 is 0 Å². The highest BCUT2D eigenvalue weighted by molar-refractivity contribution is 7.90. The summed E-state index contributed by atoms with van der Waals surface area (Å²) in [7, 11) is -3.10. The summed E-state index contributed by atoms with van der Waals surface area (Å²) in [4.78, 5) is 0.366. The van der Waals surface area contributed by atoms with Crippen LogP contribution in [0.2, 0.25) is 0 Å². The second-order valence-corrected chi connectivity index (χ2v) is 6.84. The third-order valence-corrected chi connectivity index (χ3v) is 4.24. The zero-order valence-corrected chi connectivity index (χ0v) is 12.4. The molecule has 2 aromatic carbocycles. The first-order valence-electron chi connectivity index (χ1n) is 6.59. The van der Waals surface area contributed by atoms with E-state index in [9.17, 15) is 8.42 Å². The van der Waals surface area contributed by atoms with Crippen molar-refractivity contribution in [2.24, 2.45) is 0 Å². The van der Waals surface area contributed by atoms with E-state index in [0.29, 0.717) is 4.90 Å². The van der Waals surface area contributed by atoms with Crippen molar-refractivity contribution in [3.8, 4) is 0 Å². The van der Waals surface area contributed by atoms with Crippen LogP contribution in [0.3, 0.4) is 0 Å². The Balaban J connectivity index is 1.80. The average Bonchev–Trinajstić information content (AvgIpc) is 2.44. The number of rotatable bonds is 6. The SMILES string of the molecule is CS(=O)(=O)c1ccc(CNCCc2ccccc2)cc1. The molecule has 0 aliphatic heterocycles. The van der Waals surface area contributed by atoms with E-state index in [4.69, 9.17) is 0 Å². The van der Waals surface area contributed by atoms with Crippen molar-refractivity contribution in [1.82, 2.24) is 5.32 Å². The van der Waals surface area contributed by atoms with Gasteiger partial charge in [0.1, 0.15) is 0 Å². The van der Waals surface area contributed by atoms with Crippen molar-refractivity contribution >= 4 is 9.84 Å². The van der Waals surface area contributed by atoms with E-state index < -0.39 is 9.84 Å². The summed E-state index contributed by atoms with van der Waals surface area (Å²) in [6, 6.07) is 17.3. The maximum absolute atomic E-state index is 11.3. The topological polar surface area (TPSA) is 46.2 Å². The number of nitrogens with one attached hydrogen (secondary N) is 1. The molecule has 0 aromatic heterocycles. The first kappa shape index (κ1) is 14.8. The molecule has 0 unspecified atom stereocenters. The molecule has 0 saturated carbocycles. The van der Waals surface area contributed by atoms with E-state index in [1.54, 1.807) is 12.1 Å². The fourth-order valence-electron chi connectivity index (χ4n) is 1.96. The summed E-state index contributed by atoms with van der Waals surface area (Å²) in [5.74, 6) is 0. The van der Waals surface area contributed by atoms with Crippen LogP contribution in [0.25, 0.3) is 0 Å². The van der Waals surface area contributed by atoms with Gasteiger partial charge in [0.05, 0.1) is 4.90 Å². The summed E-state index contributed by atoms with van der Waals surface area (Å²) >= 11 is 0. The van der Waals surface area contributed by atoms with Crippen LogP contribution in [-0.2, 0) is 22.8 Å². The summed E-state index contributed by atoms with van der Waals surface area (Å²) in [6.45, 7) is 1.65. The molecule has 4 heteroatoms.